The minimum atomic E-state index is -0.466. The summed E-state index contributed by atoms with van der Waals surface area (Å²) in [6.07, 6.45) is -1.70. The van der Waals surface area contributed by atoms with Crippen LogP contribution in [0.5, 0.6) is 5.88 Å². The Labute approximate surface area is 234 Å². The molecule has 40 heavy (non-hydrogen) atoms. The summed E-state index contributed by atoms with van der Waals surface area (Å²) in [7, 11) is 0. The van der Waals surface area contributed by atoms with Crippen molar-refractivity contribution in [2.75, 3.05) is 24.7 Å². The molecule has 3 aromatic carbocycles. The molecule has 0 spiro atoms. The van der Waals surface area contributed by atoms with Gasteiger partial charge in [-0.1, -0.05) is 91.0 Å². The lowest BCUT2D eigenvalue weighted by molar-refractivity contribution is -0.0900. The number of nitrogens with two attached hydrogens (primary N) is 2. The van der Waals surface area contributed by atoms with Crippen molar-refractivity contribution in [3.05, 3.63) is 114 Å². The molecule has 1 saturated heterocycles. The van der Waals surface area contributed by atoms with Gasteiger partial charge in [0.05, 0.1) is 26.4 Å². The van der Waals surface area contributed by atoms with Gasteiger partial charge >= 0.3 is 0 Å². The predicted molar refractivity (Wildman–Crippen MR) is 151 cm³/mol. The third-order valence-corrected chi connectivity index (χ3v) is 6.51. The van der Waals surface area contributed by atoms with Crippen LogP contribution in [0.25, 0.3) is 0 Å². The smallest absolute Gasteiger partial charge is 0.225 e. The Morgan fingerprint density at radius 3 is 1.65 bits per heavy atom. The number of benzene rings is 3. The third kappa shape index (κ3) is 7.77. The summed E-state index contributed by atoms with van der Waals surface area (Å²) in [5.41, 5.74) is 14.8. The lowest BCUT2D eigenvalue weighted by Crippen LogP contribution is -2.40. The van der Waals surface area contributed by atoms with Crippen molar-refractivity contribution < 1.29 is 23.7 Å². The summed E-state index contributed by atoms with van der Waals surface area (Å²) in [6.45, 7) is 1.73. The van der Waals surface area contributed by atoms with Crippen LogP contribution in [0.3, 0.4) is 0 Å². The van der Waals surface area contributed by atoms with Crippen LogP contribution in [0.4, 0.5) is 11.8 Å². The molecule has 9 heteroatoms. The van der Waals surface area contributed by atoms with Crippen LogP contribution in [-0.2, 0) is 38.8 Å². The number of anilines is 2. The fourth-order valence-electron chi connectivity index (χ4n) is 4.58. The molecule has 0 radical (unpaired) electrons. The summed E-state index contributed by atoms with van der Waals surface area (Å²) in [5.74, 6) is 0.527. The second kappa shape index (κ2) is 13.9. The predicted octanol–water partition coefficient (Wildman–Crippen LogP) is 4.17. The zero-order valence-corrected chi connectivity index (χ0v) is 22.2. The molecule has 0 aliphatic carbocycles. The van der Waals surface area contributed by atoms with Crippen LogP contribution in [-0.4, -0.2) is 47.6 Å². The molecule has 1 unspecified atom stereocenters. The van der Waals surface area contributed by atoms with E-state index in [2.05, 4.69) is 9.97 Å². The van der Waals surface area contributed by atoms with Crippen molar-refractivity contribution in [1.29, 1.82) is 0 Å². The van der Waals surface area contributed by atoms with E-state index in [0.717, 1.165) is 16.7 Å². The summed E-state index contributed by atoms with van der Waals surface area (Å²) < 4.78 is 31.5. The molecule has 4 aromatic rings. The molecule has 5 rings (SSSR count). The number of nitrogens with zero attached hydrogens (tertiary/aromatic N) is 2. The second-order valence-electron chi connectivity index (χ2n) is 9.54. The maximum absolute atomic E-state index is 6.48. The van der Waals surface area contributed by atoms with Crippen LogP contribution in [0.1, 0.15) is 16.7 Å². The maximum atomic E-state index is 6.48. The van der Waals surface area contributed by atoms with Gasteiger partial charge in [-0.2, -0.15) is 9.97 Å². The van der Waals surface area contributed by atoms with Gasteiger partial charge < -0.3 is 35.2 Å². The lowest BCUT2D eigenvalue weighted by Gasteiger charge is -2.25. The number of hydrogen-bond acceptors (Lipinski definition) is 9. The zero-order chi connectivity index (χ0) is 27.6. The number of ether oxygens (including phenoxy) is 5. The highest BCUT2D eigenvalue weighted by molar-refractivity contribution is 5.38. The number of nitrogen functional groups attached to an aromatic ring is 2. The van der Waals surface area contributed by atoms with E-state index in [1.807, 2.05) is 91.0 Å². The quantitative estimate of drug-likeness (QED) is 0.256. The first-order valence-corrected chi connectivity index (χ1v) is 13.2. The average molecular weight is 543 g/mol. The van der Waals surface area contributed by atoms with Crippen LogP contribution in [0, 0.1) is 0 Å². The van der Waals surface area contributed by atoms with Gasteiger partial charge in [0.25, 0.3) is 0 Å². The number of rotatable bonds is 13. The van der Waals surface area contributed by atoms with E-state index < -0.39 is 18.3 Å². The lowest BCUT2D eigenvalue weighted by atomic mass is 10.1. The largest absolute Gasteiger partial charge is 0.475 e. The van der Waals surface area contributed by atoms with Crippen molar-refractivity contribution in [1.82, 2.24) is 9.97 Å². The molecule has 1 aliphatic rings. The molecule has 1 aromatic heterocycles. The number of hydrogen-bond donors (Lipinski definition) is 2. The van der Waals surface area contributed by atoms with E-state index in [1.54, 1.807) is 0 Å². The van der Waals surface area contributed by atoms with Crippen LogP contribution in [0.2, 0.25) is 0 Å². The van der Waals surface area contributed by atoms with Crippen LogP contribution >= 0.6 is 0 Å². The fourth-order valence-corrected chi connectivity index (χ4v) is 4.58. The minimum Gasteiger partial charge on any atom is -0.475 e. The molecule has 1 fully saturated rings. The van der Waals surface area contributed by atoms with Gasteiger partial charge in [-0.3, -0.25) is 0 Å². The standard InChI is InChI=1S/C31H34N4O5/c32-27-16-28(35-31(33)34-27)37-21-26-30(39-19-24-14-8-3-9-15-24)29(38-18-23-12-6-2-7-13-23)25(40-26)20-36-17-22-10-4-1-5-11-22/h1-16,25-26,29-30H,17-21H2,(H4,32,33,34,35)/t25-,26?,29-,30+/m1/s1. The van der Waals surface area contributed by atoms with Crippen molar-refractivity contribution in [3.8, 4) is 5.88 Å². The highest BCUT2D eigenvalue weighted by atomic mass is 16.6. The minimum absolute atomic E-state index is 0.0375. The summed E-state index contributed by atoms with van der Waals surface area (Å²) in [4.78, 5) is 8.02. The van der Waals surface area contributed by atoms with Gasteiger partial charge in [0, 0.05) is 6.07 Å². The van der Waals surface area contributed by atoms with E-state index in [4.69, 9.17) is 35.2 Å². The van der Waals surface area contributed by atoms with E-state index in [-0.39, 0.29) is 30.4 Å². The van der Waals surface area contributed by atoms with Crippen molar-refractivity contribution in [2.24, 2.45) is 0 Å². The SMILES string of the molecule is Nc1cc(OCC2O[C@H](COCc3ccccc3)[C@@H](OCc3ccccc3)[C@H]2OCc2ccccc2)nc(N)n1. The Morgan fingerprint density at radius 1 is 0.625 bits per heavy atom. The maximum Gasteiger partial charge on any atom is 0.225 e. The fraction of sp³-hybridized carbons (Fsp3) is 0.290. The first-order valence-electron chi connectivity index (χ1n) is 13.2. The third-order valence-electron chi connectivity index (χ3n) is 6.51. The summed E-state index contributed by atoms with van der Waals surface area (Å²) in [6, 6.07) is 31.5. The number of aromatic nitrogens is 2. The van der Waals surface area contributed by atoms with Gasteiger partial charge in [0.1, 0.15) is 36.8 Å². The molecular weight excluding hydrogens is 508 g/mol. The Bertz CT molecular complexity index is 1290. The molecule has 208 valence electrons. The normalized spacial score (nSPS) is 20.4. The molecule has 9 nitrogen and oxygen atoms in total. The Hall–Kier alpha value is -4.02. The molecule has 0 bridgehead atoms. The van der Waals surface area contributed by atoms with Gasteiger partial charge in [-0.15, -0.1) is 0 Å². The van der Waals surface area contributed by atoms with E-state index in [9.17, 15) is 0 Å². The van der Waals surface area contributed by atoms with Gasteiger partial charge in [-0.25, -0.2) is 0 Å². The first kappa shape index (κ1) is 27.5. The first-order chi connectivity index (χ1) is 19.6. The van der Waals surface area contributed by atoms with Gasteiger partial charge in [-0.05, 0) is 16.7 Å². The second-order valence-corrected chi connectivity index (χ2v) is 9.54. The zero-order valence-electron chi connectivity index (χ0n) is 22.2. The monoisotopic (exact) mass is 542 g/mol. The average Bonchev–Trinajstić information content (AvgIpc) is 3.31. The highest BCUT2D eigenvalue weighted by Crippen LogP contribution is 2.30. The Kier molecular flexibility index (Phi) is 9.54. The summed E-state index contributed by atoms with van der Waals surface area (Å²) >= 11 is 0. The topological polar surface area (TPSA) is 124 Å². The molecule has 0 saturated carbocycles. The highest BCUT2D eigenvalue weighted by Gasteiger charge is 2.47. The van der Waals surface area contributed by atoms with E-state index in [1.165, 1.54) is 6.07 Å². The Morgan fingerprint density at radius 2 is 1.12 bits per heavy atom. The van der Waals surface area contributed by atoms with Crippen molar-refractivity contribution in [2.45, 2.75) is 44.2 Å². The molecule has 2 heterocycles. The van der Waals surface area contributed by atoms with Crippen LogP contribution < -0.4 is 16.2 Å². The van der Waals surface area contributed by atoms with E-state index in [0.29, 0.717) is 26.4 Å². The Balaban J connectivity index is 1.33. The van der Waals surface area contributed by atoms with Crippen molar-refractivity contribution in [3.63, 3.8) is 0 Å². The molecule has 4 N–H and O–H groups in total. The van der Waals surface area contributed by atoms with Crippen LogP contribution in [0.15, 0.2) is 97.1 Å². The van der Waals surface area contributed by atoms with E-state index >= 15 is 0 Å². The molecule has 1 aliphatic heterocycles. The van der Waals surface area contributed by atoms with Gasteiger partial charge in [0.2, 0.25) is 11.8 Å². The molecule has 0 amide bonds. The van der Waals surface area contributed by atoms with Crippen molar-refractivity contribution >= 4 is 11.8 Å². The summed E-state index contributed by atoms with van der Waals surface area (Å²) in [5, 5.41) is 0. The molecule has 4 atom stereocenters. The van der Waals surface area contributed by atoms with Gasteiger partial charge in [0.15, 0.2) is 0 Å². The molecular formula is C31H34N4O5.